The summed E-state index contributed by atoms with van der Waals surface area (Å²) in [6.45, 7) is 4.53. The average molecular weight is 464 g/mol. The van der Waals surface area contributed by atoms with Gasteiger partial charge in [-0.3, -0.25) is 9.78 Å². The van der Waals surface area contributed by atoms with Crippen LogP contribution in [0, 0.1) is 18.7 Å². The fourth-order valence-corrected chi connectivity index (χ4v) is 5.62. The molecule has 3 aromatic rings. The third kappa shape index (κ3) is 4.82. The fourth-order valence-electron chi connectivity index (χ4n) is 3.62. The van der Waals surface area contributed by atoms with Gasteiger partial charge in [0.05, 0.1) is 28.2 Å². The third-order valence-electron chi connectivity index (χ3n) is 5.05. The molecule has 1 aliphatic rings. The topological polar surface area (TPSA) is 105 Å². The van der Waals surface area contributed by atoms with Crippen molar-refractivity contribution in [3.63, 3.8) is 0 Å². The highest BCUT2D eigenvalue weighted by Crippen LogP contribution is 2.30. The quantitative estimate of drug-likeness (QED) is 0.599. The number of fused-ring (bicyclic) bond motifs is 1. The molecule has 0 aromatic carbocycles. The summed E-state index contributed by atoms with van der Waals surface area (Å²) in [5, 5.41) is 3.12. The summed E-state index contributed by atoms with van der Waals surface area (Å²) in [6.07, 6.45) is 3.89. The Hall–Kier alpha value is -2.66. The lowest BCUT2D eigenvalue weighted by atomic mass is 10.0. The Balaban J connectivity index is 1.59. The number of amides is 1. The van der Waals surface area contributed by atoms with Crippen LogP contribution in [0.25, 0.3) is 10.2 Å². The lowest BCUT2D eigenvalue weighted by molar-refractivity contribution is 0.0531. The highest BCUT2D eigenvalue weighted by Gasteiger charge is 2.35. The van der Waals surface area contributed by atoms with Gasteiger partial charge in [0.1, 0.15) is 15.7 Å². The summed E-state index contributed by atoms with van der Waals surface area (Å²) in [5.74, 6) is -0.409. The lowest BCUT2D eigenvalue weighted by Crippen LogP contribution is -2.52. The molecule has 3 aromatic heterocycles. The van der Waals surface area contributed by atoms with E-state index in [-0.39, 0.29) is 35.3 Å². The van der Waals surface area contributed by atoms with Gasteiger partial charge < -0.3 is 10.2 Å². The number of rotatable bonds is 6. The molecule has 1 saturated heterocycles. The van der Waals surface area contributed by atoms with Crippen molar-refractivity contribution in [1.82, 2.24) is 19.9 Å². The first-order valence-corrected chi connectivity index (χ1v) is 12.6. The van der Waals surface area contributed by atoms with Crippen molar-refractivity contribution in [3.05, 3.63) is 46.5 Å². The number of thiophene rings is 1. The number of halogens is 1. The smallest absolute Gasteiger partial charge is 0.274 e. The van der Waals surface area contributed by atoms with Crippen molar-refractivity contribution in [2.75, 3.05) is 30.4 Å². The molecule has 1 fully saturated rings. The van der Waals surface area contributed by atoms with Gasteiger partial charge in [-0.2, -0.15) is 0 Å². The van der Waals surface area contributed by atoms with Crippen LogP contribution in [0.2, 0.25) is 0 Å². The molecular formula is C20H22FN5O3S2. The first kappa shape index (κ1) is 21.6. The molecule has 31 heavy (non-hydrogen) atoms. The van der Waals surface area contributed by atoms with Crippen molar-refractivity contribution >= 4 is 43.2 Å². The summed E-state index contributed by atoms with van der Waals surface area (Å²) < 4.78 is 37.2. The number of sulfone groups is 1. The second-order valence-corrected chi connectivity index (χ2v) is 11.4. The van der Waals surface area contributed by atoms with Crippen LogP contribution < -0.4 is 5.32 Å². The maximum absolute atomic E-state index is 13.5. The maximum Gasteiger partial charge on any atom is 0.274 e. The van der Waals surface area contributed by atoms with E-state index in [1.165, 1.54) is 23.7 Å². The molecule has 1 N–H and O–H groups in total. The van der Waals surface area contributed by atoms with E-state index in [9.17, 15) is 17.6 Å². The molecule has 1 amide bonds. The molecule has 11 heteroatoms. The van der Waals surface area contributed by atoms with Gasteiger partial charge in [0.15, 0.2) is 5.69 Å². The molecule has 4 heterocycles. The van der Waals surface area contributed by atoms with E-state index < -0.39 is 15.7 Å². The van der Waals surface area contributed by atoms with Crippen LogP contribution >= 0.6 is 11.3 Å². The fraction of sp³-hybridized carbons (Fsp3) is 0.400. The van der Waals surface area contributed by atoms with E-state index in [1.807, 2.05) is 19.9 Å². The zero-order valence-corrected chi connectivity index (χ0v) is 18.9. The predicted molar refractivity (Wildman–Crippen MR) is 117 cm³/mol. The summed E-state index contributed by atoms with van der Waals surface area (Å²) in [6, 6.07) is 2.94. The van der Waals surface area contributed by atoms with Gasteiger partial charge in [-0.25, -0.2) is 22.8 Å². The van der Waals surface area contributed by atoms with Gasteiger partial charge in [-0.15, -0.1) is 11.3 Å². The van der Waals surface area contributed by atoms with Gasteiger partial charge in [0.25, 0.3) is 5.91 Å². The molecule has 1 aliphatic heterocycles. The normalized spacial score (nSPS) is 15.7. The van der Waals surface area contributed by atoms with Crippen LogP contribution in [0.1, 0.15) is 33.9 Å². The summed E-state index contributed by atoms with van der Waals surface area (Å²) in [7, 11) is -3.08. The third-order valence-corrected chi connectivity index (χ3v) is 7.18. The summed E-state index contributed by atoms with van der Waals surface area (Å²) >= 11 is 1.44. The van der Waals surface area contributed by atoms with E-state index in [2.05, 4.69) is 20.3 Å². The second-order valence-electron chi connectivity index (χ2n) is 7.94. The zero-order chi connectivity index (χ0) is 22.3. The highest BCUT2D eigenvalue weighted by molar-refractivity contribution is 7.90. The number of aryl methyl sites for hydroxylation is 1. The first-order chi connectivity index (χ1) is 14.6. The molecule has 1 atom stereocenters. The maximum atomic E-state index is 13.5. The molecule has 0 saturated carbocycles. The molecule has 0 radical (unpaired) electrons. The van der Waals surface area contributed by atoms with E-state index in [0.29, 0.717) is 28.9 Å². The van der Waals surface area contributed by atoms with Gasteiger partial charge in [0.2, 0.25) is 5.95 Å². The molecule has 0 bridgehead atoms. The van der Waals surface area contributed by atoms with Crippen LogP contribution in [-0.4, -0.2) is 59.3 Å². The standard InChI is InChI=1S/C20H22FN5O3S2/c1-11-4-16-18(30-11)17(19(27)26-8-13(9-26)10-31(3,28)29)25-20(24-16)23-12(2)14-5-15(21)7-22-6-14/h4-7,12-13H,8-10H2,1-3H3,(H,23,24,25). The largest absolute Gasteiger partial charge is 0.348 e. The van der Waals surface area contributed by atoms with E-state index in [1.54, 1.807) is 11.1 Å². The number of hydrogen-bond donors (Lipinski definition) is 1. The number of nitrogens with zero attached hydrogens (tertiary/aromatic N) is 4. The van der Waals surface area contributed by atoms with Gasteiger partial charge in [-0.1, -0.05) is 0 Å². The van der Waals surface area contributed by atoms with Gasteiger partial charge in [-0.05, 0) is 31.5 Å². The van der Waals surface area contributed by atoms with Crippen LogP contribution in [0.3, 0.4) is 0 Å². The van der Waals surface area contributed by atoms with Crippen molar-refractivity contribution < 1.29 is 17.6 Å². The molecule has 8 nitrogen and oxygen atoms in total. The number of hydrogen-bond acceptors (Lipinski definition) is 8. The van der Waals surface area contributed by atoms with Crippen LogP contribution in [0.5, 0.6) is 0 Å². The van der Waals surface area contributed by atoms with Crippen molar-refractivity contribution in [1.29, 1.82) is 0 Å². The van der Waals surface area contributed by atoms with E-state index in [0.717, 1.165) is 11.1 Å². The number of aromatic nitrogens is 3. The van der Waals surface area contributed by atoms with Crippen LogP contribution in [0.15, 0.2) is 24.5 Å². The molecule has 4 rings (SSSR count). The Morgan fingerprint density at radius 2 is 2.06 bits per heavy atom. The molecule has 0 aliphatic carbocycles. The van der Waals surface area contributed by atoms with E-state index >= 15 is 0 Å². The molecule has 0 spiro atoms. The number of likely N-dealkylation sites (tertiary alicyclic amines) is 1. The van der Waals surface area contributed by atoms with E-state index in [4.69, 9.17) is 0 Å². The second kappa shape index (κ2) is 8.12. The highest BCUT2D eigenvalue weighted by atomic mass is 32.2. The molecular weight excluding hydrogens is 441 g/mol. The number of pyridine rings is 1. The predicted octanol–water partition coefficient (Wildman–Crippen LogP) is 2.82. The Morgan fingerprint density at radius 1 is 1.32 bits per heavy atom. The Labute approximate surface area is 183 Å². The number of carbonyl (C=O) groups excluding carboxylic acids is 1. The van der Waals surface area contributed by atoms with Crippen LogP contribution in [0.4, 0.5) is 10.3 Å². The number of nitrogens with one attached hydrogen (secondary N) is 1. The lowest BCUT2D eigenvalue weighted by Gasteiger charge is -2.38. The van der Waals surface area contributed by atoms with Gasteiger partial charge in [0, 0.05) is 36.3 Å². The number of anilines is 1. The monoisotopic (exact) mass is 463 g/mol. The Kier molecular flexibility index (Phi) is 5.65. The SMILES string of the molecule is Cc1cc2nc(NC(C)c3cncc(F)c3)nc(C(=O)N3CC(CS(C)(=O)=O)C3)c2s1. The van der Waals surface area contributed by atoms with Crippen LogP contribution in [-0.2, 0) is 9.84 Å². The summed E-state index contributed by atoms with van der Waals surface area (Å²) in [4.78, 5) is 28.6. The molecule has 1 unspecified atom stereocenters. The minimum absolute atomic E-state index is 0.0561. The van der Waals surface area contributed by atoms with Crippen molar-refractivity contribution in [2.45, 2.75) is 19.9 Å². The molecule has 164 valence electrons. The summed E-state index contributed by atoms with van der Waals surface area (Å²) in [5.41, 5.74) is 1.57. The number of carbonyl (C=O) groups is 1. The average Bonchev–Trinajstić information content (AvgIpc) is 3.02. The van der Waals surface area contributed by atoms with Crippen molar-refractivity contribution in [2.24, 2.45) is 5.92 Å². The minimum Gasteiger partial charge on any atom is -0.348 e. The zero-order valence-electron chi connectivity index (χ0n) is 17.3. The Morgan fingerprint density at radius 3 is 2.74 bits per heavy atom. The minimum atomic E-state index is -3.08. The Bertz CT molecular complexity index is 1250. The first-order valence-electron chi connectivity index (χ1n) is 9.71. The van der Waals surface area contributed by atoms with Gasteiger partial charge >= 0.3 is 0 Å². The van der Waals surface area contributed by atoms with Crippen molar-refractivity contribution in [3.8, 4) is 0 Å².